The molecule has 0 radical (unpaired) electrons. The monoisotopic (exact) mass is 390 g/mol. The lowest BCUT2D eigenvalue weighted by molar-refractivity contribution is -0.141. The summed E-state index contributed by atoms with van der Waals surface area (Å²) in [5, 5.41) is 10.7. The van der Waals surface area contributed by atoms with Crippen molar-refractivity contribution < 1.29 is 19.4 Å². The average molecular weight is 391 g/mol. The zero-order chi connectivity index (χ0) is 17.1. The summed E-state index contributed by atoms with van der Waals surface area (Å²) in [7, 11) is 0. The zero-order valence-corrected chi connectivity index (χ0v) is 14.2. The van der Waals surface area contributed by atoms with Crippen LogP contribution in [0.2, 0.25) is 0 Å². The van der Waals surface area contributed by atoms with Crippen LogP contribution in [0, 0.1) is 0 Å². The maximum absolute atomic E-state index is 12.5. The van der Waals surface area contributed by atoms with E-state index in [1.54, 1.807) is 24.3 Å². The van der Waals surface area contributed by atoms with Crippen molar-refractivity contribution in [1.29, 1.82) is 0 Å². The summed E-state index contributed by atoms with van der Waals surface area (Å²) in [5.41, 5.74) is 3.62. The third kappa shape index (κ3) is 3.42. The van der Waals surface area contributed by atoms with E-state index in [2.05, 4.69) is 21.4 Å². The number of fused-ring (bicyclic) bond motifs is 1. The van der Waals surface area contributed by atoms with Crippen LogP contribution < -0.4 is 10.2 Å². The Labute approximate surface area is 147 Å². The van der Waals surface area contributed by atoms with E-state index in [1.165, 1.54) is 5.01 Å². The molecule has 2 N–H and O–H groups in total. The van der Waals surface area contributed by atoms with Crippen LogP contribution in [-0.2, 0) is 4.79 Å². The molecule has 0 bridgehead atoms. The van der Waals surface area contributed by atoms with Crippen LogP contribution in [0.5, 0.6) is 5.75 Å². The van der Waals surface area contributed by atoms with E-state index in [1.807, 2.05) is 24.3 Å². The maximum atomic E-state index is 12.5. The number of halogens is 1. The number of carboxylic acid groups (broad SMARTS) is 1. The van der Waals surface area contributed by atoms with E-state index < -0.39 is 12.0 Å². The normalized spacial score (nSPS) is 16.6. The van der Waals surface area contributed by atoms with Gasteiger partial charge in [0.1, 0.15) is 18.4 Å². The van der Waals surface area contributed by atoms with Gasteiger partial charge in [0.05, 0.1) is 6.54 Å². The Morgan fingerprint density at radius 2 is 1.92 bits per heavy atom. The molecule has 1 aliphatic heterocycles. The van der Waals surface area contributed by atoms with Gasteiger partial charge in [-0.25, -0.2) is 5.43 Å². The summed E-state index contributed by atoms with van der Waals surface area (Å²) < 4.78 is 6.54. The summed E-state index contributed by atoms with van der Waals surface area (Å²) in [6.45, 7) is 0.474. The number of hydrogen-bond acceptors (Lipinski definition) is 4. The Balaban J connectivity index is 1.69. The Kier molecular flexibility index (Phi) is 4.82. The molecule has 1 amide bonds. The topological polar surface area (TPSA) is 78.9 Å². The highest BCUT2D eigenvalue weighted by atomic mass is 79.9. The highest BCUT2D eigenvalue weighted by molar-refractivity contribution is 9.10. The first-order valence-electron chi connectivity index (χ1n) is 7.34. The lowest BCUT2D eigenvalue weighted by Crippen LogP contribution is -2.52. The van der Waals surface area contributed by atoms with Gasteiger partial charge in [0.15, 0.2) is 0 Å². The van der Waals surface area contributed by atoms with Crippen LogP contribution in [0.4, 0.5) is 0 Å². The fourth-order valence-electron chi connectivity index (χ4n) is 2.51. The number of rotatable bonds is 5. The number of carbonyl (C=O) groups excluding carboxylic acids is 1. The van der Waals surface area contributed by atoms with Crippen molar-refractivity contribution in [2.75, 3.05) is 13.2 Å². The molecule has 3 rings (SSSR count). The SMILES string of the molecule is O=C(O)C1NN(CCOc2ccc(Br)cc2)C(=O)c2ccccc21. The van der Waals surface area contributed by atoms with Gasteiger partial charge in [-0.05, 0) is 35.9 Å². The molecule has 2 aromatic rings. The summed E-state index contributed by atoms with van der Waals surface area (Å²) >= 11 is 3.35. The predicted octanol–water partition coefficient (Wildman–Crippen LogP) is 2.61. The molecular formula is C17H15BrN2O4. The Morgan fingerprint density at radius 1 is 1.21 bits per heavy atom. The minimum Gasteiger partial charge on any atom is -0.492 e. The molecule has 0 aliphatic carbocycles. The number of amides is 1. The highest BCUT2D eigenvalue weighted by Gasteiger charge is 2.34. The second-order valence-electron chi connectivity index (χ2n) is 5.25. The van der Waals surface area contributed by atoms with E-state index in [9.17, 15) is 14.7 Å². The molecular weight excluding hydrogens is 376 g/mol. The fourth-order valence-corrected chi connectivity index (χ4v) is 2.78. The molecule has 24 heavy (non-hydrogen) atoms. The number of hydrogen-bond donors (Lipinski definition) is 2. The van der Waals surface area contributed by atoms with Crippen molar-refractivity contribution in [3.8, 4) is 5.75 Å². The standard InChI is InChI=1S/C17H15BrN2O4/c18-11-5-7-12(8-6-11)24-10-9-20-16(21)14-4-2-1-3-13(14)15(19-20)17(22)23/h1-8,15,19H,9-10H2,(H,22,23). The molecule has 0 fully saturated rings. The van der Waals surface area contributed by atoms with E-state index in [0.29, 0.717) is 16.9 Å². The van der Waals surface area contributed by atoms with Crippen LogP contribution in [0.1, 0.15) is 22.0 Å². The number of nitrogens with zero attached hydrogens (tertiary/aromatic N) is 1. The van der Waals surface area contributed by atoms with Crippen LogP contribution in [0.25, 0.3) is 0 Å². The summed E-state index contributed by atoms with van der Waals surface area (Å²) in [6.07, 6.45) is 0. The molecule has 0 saturated heterocycles. The smallest absolute Gasteiger partial charge is 0.327 e. The Morgan fingerprint density at radius 3 is 2.62 bits per heavy atom. The minimum absolute atomic E-state index is 0.229. The number of nitrogens with one attached hydrogen (secondary N) is 1. The van der Waals surface area contributed by atoms with Crippen molar-refractivity contribution in [3.05, 3.63) is 64.1 Å². The Bertz CT molecular complexity index is 763. The van der Waals surface area contributed by atoms with Gasteiger partial charge in [0, 0.05) is 10.0 Å². The van der Waals surface area contributed by atoms with Crippen LogP contribution in [0.15, 0.2) is 53.0 Å². The van der Waals surface area contributed by atoms with Gasteiger partial charge in [-0.15, -0.1) is 0 Å². The molecule has 7 heteroatoms. The lowest BCUT2D eigenvalue weighted by Gasteiger charge is -2.33. The third-order valence-corrected chi connectivity index (χ3v) is 4.21. The highest BCUT2D eigenvalue weighted by Crippen LogP contribution is 2.25. The van der Waals surface area contributed by atoms with Crippen molar-refractivity contribution >= 4 is 27.8 Å². The van der Waals surface area contributed by atoms with Gasteiger partial charge in [-0.2, -0.15) is 0 Å². The van der Waals surface area contributed by atoms with Crippen LogP contribution >= 0.6 is 15.9 Å². The second-order valence-corrected chi connectivity index (χ2v) is 6.16. The molecule has 1 unspecified atom stereocenters. The number of hydrazine groups is 1. The van der Waals surface area contributed by atoms with Gasteiger partial charge < -0.3 is 9.84 Å². The van der Waals surface area contributed by atoms with Crippen LogP contribution in [0.3, 0.4) is 0 Å². The van der Waals surface area contributed by atoms with E-state index in [-0.39, 0.29) is 19.1 Å². The average Bonchev–Trinajstić information content (AvgIpc) is 2.58. The first kappa shape index (κ1) is 16.5. The molecule has 124 valence electrons. The third-order valence-electron chi connectivity index (χ3n) is 3.68. The predicted molar refractivity (Wildman–Crippen MR) is 90.6 cm³/mol. The number of carbonyl (C=O) groups is 2. The van der Waals surface area contributed by atoms with E-state index in [4.69, 9.17) is 4.74 Å². The molecule has 1 atom stereocenters. The fraction of sp³-hybridized carbons (Fsp3) is 0.176. The van der Waals surface area contributed by atoms with Crippen molar-refractivity contribution in [3.63, 3.8) is 0 Å². The maximum Gasteiger partial charge on any atom is 0.327 e. The van der Waals surface area contributed by atoms with Gasteiger partial charge >= 0.3 is 5.97 Å². The van der Waals surface area contributed by atoms with E-state index in [0.717, 1.165) is 4.47 Å². The zero-order valence-electron chi connectivity index (χ0n) is 12.6. The Hall–Kier alpha value is -2.38. The van der Waals surface area contributed by atoms with Crippen LogP contribution in [-0.4, -0.2) is 35.1 Å². The molecule has 6 nitrogen and oxygen atoms in total. The van der Waals surface area contributed by atoms with Gasteiger partial charge in [0.2, 0.25) is 0 Å². The molecule has 0 spiro atoms. The first-order chi connectivity index (χ1) is 11.6. The molecule has 1 aliphatic rings. The lowest BCUT2D eigenvalue weighted by atomic mass is 9.98. The number of ether oxygens (including phenoxy) is 1. The van der Waals surface area contributed by atoms with Crippen molar-refractivity contribution in [2.45, 2.75) is 6.04 Å². The van der Waals surface area contributed by atoms with E-state index >= 15 is 0 Å². The van der Waals surface area contributed by atoms with Gasteiger partial charge in [0.25, 0.3) is 5.91 Å². The summed E-state index contributed by atoms with van der Waals surface area (Å²) in [6, 6.07) is 13.1. The second kappa shape index (κ2) is 7.02. The number of benzene rings is 2. The number of aliphatic carboxylic acids is 1. The minimum atomic E-state index is -1.03. The molecule has 0 aromatic heterocycles. The molecule has 0 saturated carbocycles. The first-order valence-corrected chi connectivity index (χ1v) is 8.13. The molecule has 1 heterocycles. The number of carboxylic acids is 1. The van der Waals surface area contributed by atoms with Crippen molar-refractivity contribution in [1.82, 2.24) is 10.4 Å². The van der Waals surface area contributed by atoms with Gasteiger partial charge in [-0.3, -0.25) is 14.6 Å². The summed E-state index contributed by atoms with van der Waals surface area (Å²) in [4.78, 5) is 23.9. The summed E-state index contributed by atoms with van der Waals surface area (Å²) in [5.74, 6) is -0.617. The molecule has 2 aromatic carbocycles. The largest absolute Gasteiger partial charge is 0.492 e. The van der Waals surface area contributed by atoms with Crippen molar-refractivity contribution in [2.24, 2.45) is 0 Å². The quantitative estimate of drug-likeness (QED) is 0.820. The van der Waals surface area contributed by atoms with Gasteiger partial charge in [-0.1, -0.05) is 34.1 Å².